The van der Waals surface area contributed by atoms with Crippen LogP contribution in [0.3, 0.4) is 0 Å². The summed E-state index contributed by atoms with van der Waals surface area (Å²) < 4.78 is 10.5. The molecule has 0 rings (SSSR count). The Kier molecular flexibility index (Phi) is 31.7. The minimum Gasteiger partial charge on any atom is -0.462 e. The van der Waals surface area contributed by atoms with E-state index in [1.807, 2.05) is 0 Å². The number of ether oxygens (including phenoxy) is 2. The molecular weight excluding hydrogens is 524 g/mol. The van der Waals surface area contributed by atoms with Gasteiger partial charge in [0.25, 0.3) is 0 Å². The van der Waals surface area contributed by atoms with Gasteiger partial charge in [0.2, 0.25) is 0 Å². The monoisotopic (exact) mass is 588 g/mol. The van der Waals surface area contributed by atoms with Crippen LogP contribution in [0.25, 0.3) is 0 Å². The third kappa shape index (κ3) is 30.8. The van der Waals surface area contributed by atoms with Crippen LogP contribution in [0, 0.1) is 0 Å². The minimum absolute atomic E-state index is 0.0945. The van der Waals surface area contributed by atoms with E-state index >= 15 is 0 Å². The first kappa shape index (κ1) is 39.9. The molecule has 0 aromatic rings. The maximum absolute atomic E-state index is 12.0. The molecule has 1 N–H and O–H groups in total. The number of unbranched alkanes of at least 4 members (excludes halogenated alkanes) is 14. The molecule has 0 aliphatic carbocycles. The summed E-state index contributed by atoms with van der Waals surface area (Å²) in [6.07, 6.45) is 40.5. The van der Waals surface area contributed by atoms with E-state index in [-0.39, 0.29) is 25.2 Å². The van der Waals surface area contributed by atoms with Crippen molar-refractivity contribution in [3.05, 3.63) is 48.6 Å². The zero-order valence-corrected chi connectivity index (χ0v) is 27.2. The van der Waals surface area contributed by atoms with Crippen molar-refractivity contribution in [2.75, 3.05) is 13.2 Å². The summed E-state index contributed by atoms with van der Waals surface area (Å²) in [5, 5.41) is 9.45. The fourth-order valence-corrected chi connectivity index (χ4v) is 4.49. The quantitative estimate of drug-likeness (QED) is 0.0513. The minimum atomic E-state index is -0.788. The molecule has 242 valence electrons. The van der Waals surface area contributed by atoms with Crippen LogP contribution < -0.4 is 0 Å². The Morgan fingerprint density at radius 3 is 1.50 bits per heavy atom. The number of hydrogen-bond donors (Lipinski definition) is 1. The highest BCUT2D eigenvalue weighted by Gasteiger charge is 2.15. The lowest BCUT2D eigenvalue weighted by atomic mass is 10.1. The zero-order valence-electron chi connectivity index (χ0n) is 27.2. The molecule has 0 fully saturated rings. The lowest BCUT2D eigenvalue weighted by Crippen LogP contribution is -2.28. The number of esters is 2. The van der Waals surface area contributed by atoms with E-state index in [9.17, 15) is 14.7 Å². The van der Waals surface area contributed by atoms with Crippen molar-refractivity contribution >= 4 is 11.9 Å². The third-order valence-electron chi connectivity index (χ3n) is 7.13. The van der Waals surface area contributed by atoms with Crippen LogP contribution in [-0.4, -0.2) is 36.4 Å². The normalized spacial score (nSPS) is 12.7. The van der Waals surface area contributed by atoms with Gasteiger partial charge in [-0.1, -0.05) is 140 Å². The number of carbonyl (C=O) groups is 2. The van der Waals surface area contributed by atoms with Crippen LogP contribution in [0.2, 0.25) is 0 Å². The molecule has 5 heteroatoms. The van der Waals surface area contributed by atoms with E-state index in [1.165, 1.54) is 77.0 Å². The fraction of sp³-hybridized carbons (Fsp3) is 0.730. The molecule has 5 nitrogen and oxygen atoms in total. The second kappa shape index (κ2) is 33.4. The number of aliphatic hydroxyl groups excluding tert-OH is 1. The van der Waals surface area contributed by atoms with Crippen molar-refractivity contribution in [1.82, 2.24) is 0 Å². The number of allylic oxidation sites excluding steroid dienone is 8. The van der Waals surface area contributed by atoms with Gasteiger partial charge in [-0.25, -0.2) is 0 Å². The van der Waals surface area contributed by atoms with Gasteiger partial charge < -0.3 is 14.6 Å². The molecule has 0 saturated heterocycles. The Bertz CT molecular complexity index is 722. The first-order valence-corrected chi connectivity index (χ1v) is 17.2. The van der Waals surface area contributed by atoms with Crippen molar-refractivity contribution in [2.45, 2.75) is 161 Å². The van der Waals surface area contributed by atoms with Gasteiger partial charge in [-0.3, -0.25) is 9.59 Å². The van der Waals surface area contributed by atoms with Crippen molar-refractivity contribution < 1.29 is 24.2 Å². The zero-order chi connectivity index (χ0) is 30.8. The number of rotatable bonds is 30. The number of hydrogen-bond acceptors (Lipinski definition) is 5. The van der Waals surface area contributed by atoms with Gasteiger partial charge in [-0.05, 0) is 51.4 Å². The average molecular weight is 589 g/mol. The Morgan fingerprint density at radius 2 is 0.976 bits per heavy atom. The highest BCUT2D eigenvalue weighted by Crippen LogP contribution is 2.10. The third-order valence-corrected chi connectivity index (χ3v) is 7.13. The molecule has 1 atom stereocenters. The Balaban J connectivity index is 3.68. The standard InChI is InChI=1S/C37H64O5/c1-3-5-7-9-11-12-13-14-15-16-17-18-19-20-21-22-23-24-26-27-29-31-36(39)41-34-35(33-38)42-37(40)32-30-28-25-10-8-6-4-2/h15-16,18-19,21-22,24,26,35,38H,3-14,17,20,23,25,27-34H2,1-2H3/b16-15+,19-18+,22-21+,26-24+/t35-/m0/s1. The molecule has 0 spiro atoms. The Hall–Kier alpha value is -2.14. The molecule has 0 bridgehead atoms. The summed E-state index contributed by atoms with van der Waals surface area (Å²) in [5.41, 5.74) is 0. The maximum atomic E-state index is 12.0. The van der Waals surface area contributed by atoms with Crippen LogP contribution in [0.15, 0.2) is 48.6 Å². The van der Waals surface area contributed by atoms with Crippen LogP contribution in [-0.2, 0) is 19.1 Å². The molecule has 42 heavy (non-hydrogen) atoms. The molecule has 0 aliphatic rings. The smallest absolute Gasteiger partial charge is 0.306 e. The molecule has 0 aromatic heterocycles. The fourth-order valence-electron chi connectivity index (χ4n) is 4.49. The SMILES string of the molecule is CCCCCCCCC/C=C/C/C=C/C/C=C/C/C=C/CCCC(=O)OC[C@H](CO)OC(=O)CCCCCCCCC. The summed E-state index contributed by atoms with van der Waals surface area (Å²) >= 11 is 0. The predicted molar refractivity (Wildman–Crippen MR) is 177 cm³/mol. The van der Waals surface area contributed by atoms with E-state index in [0.29, 0.717) is 19.3 Å². The highest BCUT2D eigenvalue weighted by molar-refractivity contribution is 5.70. The number of carbonyl (C=O) groups excluding carboxylic acids is 2. The average Bonchev–Trinajstić information content (AvgIpc) is 2.99. The first-order chi connectivity index (χ1) is 20.6. The maximum Gasteiger partial charge on any atom is 0.306 e. The van der Waals surface area contributed by atoms with Gasteiger partial charge in [0.1, 0.15) is 6.61 Å². The van der Waals surface area contributed by atoms with E-state index in [1.54, 1.807) is 0 Å². The second-order valence-electron chi connectivity index (χ2n) is 11.2. The van der Waals surface area contributed by atoms with Gasteiger partial charge in [0.05, 0.1) is 6.61 Å². The van der Waals surface area contributed by atoms with E-state index in [4.69, 9.17) is 9.47 Å². The van der Waals surface area contributed by atoms with Crippen LogP contribution >= 0.6 is 0 Å². The van der Waals surface area contributed by atoms with Gasteiger partial charge in [0, 0.05) is 12.8 Å². The van der Waals surface area contributed by atoms with Crippen molar-refractivity contribution in [3.8, 4) is 0 Å². The van der Waals surface area contributed by atoms with Gasteiger partial charge in [0.15, 0.2) is 6.10 Å². The second-order valence-corrected chi connectivity index (χ2v) is 11.2. The summed E-state index contributed by atoms with van der Waals surface area (Å²) in [5.74, 6) is -0.667. The summed E-state index contributed by atoms with van der Waals surface area (Å²) in [7, 11) is 0. The van der Waals surface area contributed by atoms with Crippen molar-refractivity contribution in [3.63, 3.8) is 0 Å². The van der Waals surface area contributed by atoms with Gasteiger partial charge in [-0.2, -0.15) is 0 Å². The van der Waals surface area contributed by atoms with Crippen LogP contribution in [0.1, 0.15) is 155 Å². The highest BCUT2D eigenvalue weighted by atomic mass is 16.6. The van der Waals surface area contributed by atoms with Gasteiger partial charge in [-0.15, -0.1) is 0 Å². The summed E-state index contributed by atoms with van der Waals surface area (Å²) in [4.78, 5) is 24.0. The largest absolute Gasteiger partial charge is 0.462 e. The molecule has 0 radical (unpaired) electrons. The Morgan fingerprint density at radius 1 is 0.548 bits per heavy atom. The summed E-state index contributed by atoms with van der Waals surface area (Å²) in [6, 6.07) is 0. The topological polar surface area (TPSA) is 72.8 Å². The molecule has 0 heterocycles. The number of aliphatic hydroxyl groups is 1. The van der Waals surface area contributed by atoms with Gasteiger partial charge >= 0.3 is 11.9 Å². The van der Waals surface area contributed by atoms with Crippen LogP contribution in [0.4, 0.5) is 0 Å². The van der Waals surface area contributed by atoms with E-state index in [0.717, 1.165) is 44.9 Å². The summed E-state index contributed by atoms with van der Waals surface area (Å²) in [6.45, 7) is 4.02. The lowest BCUT2D eigenvalue weighted by Gasteiger charge is -2.15. The molecule has 0 saturated carbocycles. The first-order valence-electron chi connectivity index (χ1n) is 17.2. The lowest BCUT2D eigenvalue weighted by molar-refractivity contribution is -0.161. The molecular formula is C37H64O5. The van der Waals surface area contributed by atoms with Crippen molar-refractivity contribution in [2.24, 2.45) is 0 Å². The molecule has 0 aliphatic heterocycles. The Labute approximate surface area is 258 Å². The van der Waals surface area contributed by atoms with Crippen molar-refractivity contribution in [1.29, 1.82) is 0 Å². The molecule has 0 amide bonds. The molecule has 0 unspecified atom stereocenters. The van der Waals surface area contributed by atoms with Crippen LogP contribution in [0.5, 0.6) is 0 Å². The predicted octanol–water partition coefficient (Wildman–Crippen LogP) is 10.3. The molecule has 0 aromatic carbocycles. The van der Waals surface area contributed by atoms with E-state index < -0.39 is 6.10 Å². The van der Waals surface area contributed by atoms with E-state index in [2.05, 4.69) is 62.5 Å².